The molecule has 0 saturated carbocycles. The molecular formula is C34H32F3N7O3S. The van der Waals surface area contributed by atoms with Crippen molar-refractivity contribution in [2.24, 2.45) is 9.98 Å². The fraction of sp³-hybridized carbons (Fsp3) is 0.294. The van der Waals surface area contributed by atoms with Gasteiger partial charge in [-0.2, -0.15) is 10.3 Å². The van der Waals surface area contributed by atoms with E-state index in [0.717, 1.165) is 29.2 Å². The lowest BCUT2D eigenvalue weighted by atomic mass is 9.99. The number of methoxy groups -OCH3 is 1. The molecule has 2 amide bonds. The van der Waals surface area contributed by atoms with E-state index in [1.807, 2.05) is 18.2 Å². The van der Waals surface area contributed by atoms with Crippen LogP contribution in [0.2, 0.25) is 0 Å². The molecular weight excluding hydrogens is 643 g/mol. The van der Waals surface area contributed by atoms with Gasteiger partial charge in [-0.3, -0.25) is 0 Å². The number of aliphatic imine (C=N–C) groups is 2. The second-order valence-corrected chi connectivity index (χ2v) is 12.2. The van der Waals surface area contributed by atoms with E-state index in [0.29, 0.717) is 27.8 Å². The van der Waals surface area contributed by atoms with Gasteiger partial charge >= 0.3 is 12.4 Å². The number of hydrogen-bond donors (Lipinski definition) is 0. The van der Waals surface area contributed by atoms with Crippen LogP contribution < -0.4 is 14.4 Å². The van der Waals surface area contributed by atoms with Crippen LogP contribution in [-0.2, 0) is 0 Å². The van der Waals surface area contributed by atoms with Gasteiger partial charge in [-0.15, -0.1) is 18.3 Å². The number of hydrogen-bond acceptors (Lipinski definition) is 7. The minimum absolute atomic E-state index is 0.109. The number of thioether (sulfide) groups is 1. The number of amides is 2. The number of halogens is 3. The molecule has 2 heterocycles. The van der Waals surface area contributed by atoms with Crippen molar-refractivity contribution in [1.29, 1.82) is 5.26 Å². The zero-order chi connectivity index (χ0) is 34.4. The van der Waals surface area contributed by atoms with E-state index >= 15 is 0 Å². The first-order chi connectivity index (χ1) is 23.0. The van der Waals surface area contributed by atoms with Crippen molar-refractivity contribution in [1.82, 2.24) is 14.8 Å². The van der Waals surface area contributed by atoms with Gasteiger partial charge in [-0.25, -0.2) is 19.5 Å². The Labute approximate surface area is 279 Å². The maximum atomic E-state index is 13.0. The molecule has 1 aliphatic rings. The Morgan fingerprint density at radius 1 is 1.10 bits per heavy atom. The first kappa shape index (κ1) is 34.2. The number of urea groups is 1. The molecule has 2 atom stereocenters. The summed E-state index contributed by atoms with van der Waals surface area (Å²) in [4.78, 5) is 27.7. The standard InChI is InChI=1S/C34H32F3N7O3S/c1-21(2)29-17-28(46-4)13-14-30(29)44-22(3)15-16-48-33(44)41-32(45)39-19-25(18-38)23-5-7-24(8-6-23)31-40-20-43(42-31)26-9-11-27(12-10-26)47-34(35,36)37/h5-14,17,19-22,25H,15-16H2,1-4H3. The highest BCUT2D eigenvalue weighted by Gasteiger charge is 2.31. The summed E-state index contributed by atoms with van der Waals surface area (Å²) in [7, 11) is 1.63. The van der Waals surface area contributed by atoms with E-state index in [1.54, 1.807) is 31.4 Å². The summed E-state index contributed by atoms with van der Waals surface area (Å²) in [6, 6.07) is 19.6. The smallest absolute Gasteiger partial charge is 0.497 e. The van der Waals surface area contributed by atoms with Gasteiger partial charge < -0.3 is 14.4 Å². The molecule has 248 valence electrons. The molecule has 14 heteroatoms. The Morgan fingerprint density at radius 3 is 2.46 bits per heavy atom. The summed E-state index contributed by atoms with van der Waals surface area (Å²) in [5.74, 6) is 0.990. The topological polar surface area (TPSA) is 118 Å². The van der Waals surface area contributed by atoms with Gasteiger partial charge in [0.05, 0.1) is 18.9 Å². The van der Waals surface area contributed by atoms with Crippen molar-refractivity contribution in [3.8, 4) is 34.6 Å². The van der Waals surface area contributed by atoms with Crippen LogP contribution in [0.5, 0.6) is 11.5 Å². The number of nitriles is 1. The van der Waals surface area contributed by atoms with Crippen LogP contribution in [0.4, 0.5) is 23.7 Å². The summed E-state index contributed by atoms with van der Waals surface area (Å²) in [6.45, 7) is 6.31. The molecule has 1 fully saturated rings. The maximum Gasteiger partial charge on any atom is 0.573 e. The summed E-state index contributed by atoms with van der Waals surface area (Å²) in [5.41, 5.74) is 3.78. The summed E-state index contributed by atoms with van der Waals surface area (Å²) >= 11 is 1.49. The average molecular weight is 676 g/mol. The van der Waals surface area contributed by atoms with E-state index in [2.05, 4.69) is 56.5 Å². The number of rotatable bonds is 8. The third-order valence-electron chi connectivity index (χ3n) is 7.55. The van der Waals surface area contributed by atoms with Gasteiger partial charge in [0.1, 0.15) is 23.7 Å². The minimum atomic E-state index is -4.78. The van der Waals surface area contributed by atoms with Crippen molar-refractivity contribution >= 4 is 34.9 Å². The molecule has 10 nitrogen and oxygen atoms in total. The van der Waals surface area contributed by atoms with Crippen LogP contribution in [0.3, 0.4) is 0 Å². The number of ether oxygens (including phenoxy) is 2. The zero-order valence-electron chi connectivity index (χ0n) is 26.5. The minimum Gasteiger partial charge on any atom is -0.497 e. The first-order valence-corrected chi connectivity index (χ1v) is 16.0. The number of amidine groups is 1. The van der Waals surface area contributed by atoms with Gasteiger partial charge in [0.15, 0.2) is 11.0 Å². The van der Waals surface area contributed by atoms with Crippen LogP contribution in [0.25, 0.3) is 17.1 Å². The number of benzene rings is 3. The second kappa shape index (κ2) is 14.7. The van der Waals surface area contributed by atoms with Crippen LogP contribution in [0.15, 0.2) is 83.0 Å². The Hall–Kier alpha value is -5.16. The average Bonchev–Trinajstić information content (AvgIpc) is 3.55. The molecule has 1 aliphatic heterocycles. The molecule has 1 saturated heterocycles. The lowest BCUT2D eigenvalue weighted by molar-refractivity contribution is -0.274. The summed E-state index contributed by atoms with van der Waals surface area (Å²) < 4.78 is 48.1. The van der Waals surface area contributed by atoms with E-state index in [-0.39, 0.29) is 17.7 Å². The van der Waals surface area contributed by atoms with E-state index in [9.17, 15) is 23.2 Å². The van der Waals surface area contributed by atoms with Crippen molar-refractivity contribution in [3.05, 3.63) is 84.2 Å². The van der Waals surface area contributed by atoms with Gasteiger partial charge in [-0.1, -0.05) is 49.9 Å². The third-order valence-corrected chi connectivity index (χ3v) is 8.54. The summed E-state index contributed by atoms with van der Waals surface area (Å²) in [5, 5.41) is 14.8. The molecule has 5 rings (SSSR count). The van der Waals surface area contributed by atoms with E-state index in [4.69, 9.17) is 4.74 Å². The molecule has 2 unspecified atom stereocenters. The molecule has 0 N–H and O–H groups in total. The number of carbonyl (C=O) groups is 1. The zero-order valence-corrected chi connectivity index (χ0v) is 27.4. The first-order valence-electron chi connectivity index (χ1n) is 15.0. The van der Waals surface area contributed by atoms with Crippen LogP contribution in [-0.4, -0.2) is 57.4 Å². The highest BCUT2D eigenvalue weighted by atomic mass is 32.2. The number of anilines is 1. The number of carbonyl (C=O) groups excluding carboxylic acids is 1. The highest BCUT2D eigenvalue weighted by molar-refractivity contribution is 8.14. The Bertz CT molecular complexity index is 1850. The van der Waals surface area contributed by atoms with Crippen LogP contribution >= 0.6 is 11.8 Å². The van der Waals surface area contributed by atoms with Gasteiger partial charge in [-0.05, 0) is 72.9 Å². The predicted octanol–water partition coefficient (Wildman–Crippen LogP) is 8.15. The summed E-state index contributed by atoms with van der Waals surface area (Å²) in [6.07, 6.45) is -1.14. The van der Waals surface area contributed by atoms with E-state index in [1.165, 1.54) is 53.3 Å². The Balaban J connectivity index is 1.29. The highest BCUT2D eigenvalue weighted by Crippen LogP contribution is 2.37. The number of aromatic nitrogens is 3. The van der Waals surface area contributed by atoms with Crippen molar-refractivity contribution in [3.63, 3.8) is 0 Å². The van der Waals surface area contributed by atoms with Crippen molar-refractivity contribution in [2.75, 3.05) is 17.8 Å². The molecule has 0 spiro atoms. The number of alkyl halides is 3. The molecule has 1 aromatic heterocycles. The van der Waals surface area contributed by atoms with Gasteiger partial charge in [0.25, 0.3) is 0 Å². The van der Waals surface area contributed by atoms with Gasteiger partial charge in [0.2, 0.25) is 0 Å². The number of nitrogens with zero attached hydrogens (tertiary/aromatic N) is 7. The second-order valence-electron chi connectivity index (χ2n) is 11.2. The van der Waals surface area contributed by atoms with Crippen molar-refractivity contribution < 1.29 is 27.4 Å². The predicted molar refractivity (Wildman–Crippen MR) is 179 cm³/mol. The quantitative estimate of drug-likeness (QED) is 0.172. The van der Waals surface area contributed by atoms with Crippen LogP contribution in [0.1, 0.15) is 50.2 Å². The Morgan fingerprint density at radius 2 is 1.81 bits per heavy atom. The maximum absolute atomic E-state index is 13.0. The monoisotopic (exact) mass is 675 g/mol. The fourth-order valence-corrected chi connectivity index (χ4v) is 6.28. The normalized spacial score (nSPS) is 16.7. The van der Waals surface area contributed by atoms with Crippen molar-refractivity contribution in [2.45, 2.75) is 51.4 Å². The third kappa shape index (κ3) is 8.21. The SMILES string of the molecule is COc1ccc(N2C(=NC(=O)N=CC(C#N)c3ccc(-c4ncn(-c5ccc(OC(F)(F)F)cc5)n4)cc3)SCCC2C)c(C(C)C)c1. The van der Waals surface area contributed by atoms with Crippen LogP contribution in [0, 0.1) is 11.3 Å². The molecule has 48 heavy (non-hydrogen) atoms. The molecule has 0 aliphatic carbocycles. The fourth-order valence-electron chi connectivity index (χ4n) is 5.08. The molecule has 3 aromatic carbocycles. The molecule has 4 aromatic rings. The van der Waals surface area contributed by atoms with Gasteiger partial charge in [0, 0.05) is 29.3 Å². The molecule has 0 bridgehead atoms. The lowest BCUT2D eigenvalue weighted by Crippen LogP contribution is -2.42. The van der Waals surface area contributed by atoms with E-state index < -0.39 is 18.3 Å². The lowest BCUT2D eigenvalue weighted by Gasteiger charge is -2.37. The largest absolute Gasteiger partial charge is 0.573 e. The molecule has 0 radical (unpaired) electrons. The Kier molecular flexibility index (Phi) is 10.5.